The van der Waals surface area contributed by atoms with E-state index >= 15 is 0 Å². The van der Waals surface area contributed by atoms with Crippen LogP contribution < -0.4 is 0 Å². The summed E-state index contributed by atoms with van der Waals surface area (Å²) in [4.78, 5) is 0. The Kier molecular flexibility index (Phi) is 4.07. The minimum atomic E-state index is 0.805. The van der Waals surface area contributed by atoms with E-state index in [1.807, 2.05) is 31.2 Å². The van der Waals surface area contributed by atoms with Gasteiger partial charge in [-0.3, -0.25) is 0 Å². The molecule has 0 bridgehead atoms. The van der Waals surface area contributed by atoms with Gasteiger partial charge in [-0.15, -0.1) is 10.2 Å². The molecule has 0 aliphatic rings. The number of benzene rings is 1. The fourth-order valence-electron chi connectivity index (χ4n) is 1.59. The molecule has 0 aliphatic carbocycles. The summed E-state index contributed by atoms with van der Waals surface area (Å²) in [5, 5.41) is 10.00. The van der Waals surface area contributed by atoms with Gasteiger partial charge in [0, 0.05) is 17.3 Å². The van der Waals surface area contributed by atoms with Crippen LogP contribution in [0.5, 0.6) is 0 Å². The predicted octanol–water partition coefficient (Wildman–Crippen LogP) is 3.55. The molecule has 0 amide bonds. The van der Waals surface area contributed by atoms with Crippen molar-refractivity contribution in [3.63, 3.8) is 0 Å². The van der Waals surface area contributed by atoms with Crippen LogP contribution in [0.1, 0.15) is 18.3 Å². The highest BCUT2D eigenvalue weighted by atomic mass is 35.5. The molecule has 2 rings (SSSR count). The summed E-state index contributed by atoms with van der Waals surface area (Å²) in [7, 11) is 0. The quantitative estimate of drug-likeness (QED) is 0.794. The first kappa shape index (κ1) is 12.5. The fourth-order valence-corrected chi connectivity index (χ4v) is 2.92. The van der Waals surface area contributed by atoms with Crippen LogP contribution in [0.25, 0.3) is 0 Å². The van der Waals surface area contributed by atoms with E-state index in [0.29, 0.717) is 0 Å². The molecule has 0 N–H and O–H groups in total. The van der Waals surface area contributed by atoms with Gasteiger partial charge in [0.15, 0.2) is 5.16 Å². The van der Waals surface area contributed by atoms with Gasteiger partial charge in [-0.05, 0) is 25.5 Å². The number of nitrogens with zero attached hydrogens (tertiary/aromatic N) is 3. The topological polar surface area (TPSA) is 30.7 Å². The maximum absolute atomic E-state index is 6.11. The van der Waals surface area contributed by atoms with E-state index < -0.39 is 0 Å². The molecule has 0 saturated carbocycles. The van der Waals surface area contributed by atoms with E-state index in [4.69, 9.17) is 11.6 Å². The molecule has 0 saturated heterocycles. The standard InChI is InChI=1S/C12H14ClN3S/c1-3-16-9(2)14-15-12(16)17-8-10-6-4-5-7-11(10)13/h4-7H,3,8H2,1-2H3. The second kappa shape index (κ2) is 5.56. The summed E-state index contributed by atoms with van der Waals surface area (Å²) in [6.45, 7) is 4.95. The third-order valence-electron chi connectivity index (χ3n) is 2.53. The summed E-state index contributed by atoms with van der Waals surface area (Å²) in [6.07, 6.45) is 0. The van der Waals surface area contributed by atoms with Crippen molar-refractivity contribution < 1.29 is 0 Å². The number of rotatable bonds is 4. The van der Waals surface area contributed by atoms with E-state index in [1.165, 1.54) is 0 Å². The molecule has 5 heteroatoms. The first-order valence-electron chi connectivity index (χ1n) is 5.48. The van der Waals surface area contributed by atoms with Crippen LogP contribution >= 0.6 is 23.4 Å². The largest absolute Gasteiger partial charge is 0.307 e. The molecular formula is C12H14ClN3S. The summed E-state index contributed by atoms with van der Waals surface area (Å²) in [5.41, 5.74) is 1.13. The van der Waals surface area contributed by atoms with Crippen molar-refractivity contribution in [1.29, 1.82) is 0 Å². The third kappa shape index (κ3) is 2.82. The van der Waals surface area contributed by atoms with Crippen molar-refractivity contribution in [3.8, 4) is 0 Å². The smallest absolute Gasteiger partial charge is 0.191 e. The van der Waals surface area contributed by atoms with Crippen molar-refractivity contribution >= 4 is 23.4 Å². The average Bonchev–Trinajstić information content (AvgIpc) is 2.69. The summed E-state index contributed by atoms with van der Waals surface area (Å²) >= 11 is 7.78. The number of hydrogen-bond acceptors (Lipinski definition) is 3. The molecule has 0 spiro atoms. The lowest BCUT2D eigenvalue weighted by Crippen LogP contribution is -1.99. The van der Waals surface area contributed by atoms with E-state index in [-0.39, 0.29) is 0 Å². The Bertz CT molecular complexity index is 510. The van der Waals surface area contributed by atoms with Crippen molar-refractivity contribution in [2.45, 2.75) is 31.3 Å². The highest BCUT2D eigenvalue weighted by Crippen LogP contribution is 2.25. The SMILES string of the molecule is CCn1c(C)nnc1SCc1ccccc1Cl. The second-order valence-electron chi connectivity index (χ2n) is 3.65. The van der Waals surface area contributed by atoms with E-state index in [1.54, 1.807) is 11.8 Å². The van der Waals surface area contributed by atoms with Gasteiger partial charge in [0.2, 0.25) is 0 Å². The molecule has 0 fully saturated rings. The summed E-state index contributed by atoms with van der Waals surface area (Å²) < 4.78 is 2.10. The Labute approximate surface area is 110 Å². The van der Waals surface area contributed by atoms with Gasteiger partial charge in [-0.1, -0.05) is 41.6 Å². The first-order valence-corrected chi connectivity index (χ1v) is 6.84. The Balaban J connectivity index is 2.10. The van der Waals surface area contributed by atoms with E-state index in [0.717, 1.165) is 33.9 Å². The molecule has 90 valence electrons. The van der Waals surface area contributed by atoms with Crippen LogP contribution in [0, 0.1) is 6.92 Å². The van der Waals surface area contributed by atoms with Crippen LogP contribution in [0.3, 0.4) is 0 Å². The minimum Gasteiger partial charge on any atom is -0.307 e. The zero-order valence-electron chi connectivity index (χ0n) is 9.85. The lowest BCUT2D eigenvalue weighted by atomic mass is 10.2. The Hall–Kier alpha value is -1.00. The molecule has 1 aromatic heterocycles. The Morgan fingerprint density at radius 2 is 2.06 bits per heavy atom. The molecule has 0 atom stereocenters. The molecule has 1 aromatic carbocycles. The van der Waals surface area contributed by atoms with Crippen LogP contribution in [-0.4, -0.2) is 14.8 Å². The highest BCUT2D eigenvalue weighted by Gasteiger charge is 2.08. The number of halogens is 1. The van der Waals surface area contributed by atoms with E-state index in [9.17, 15) is 0 Å². The number of aromatic nitrogens is 3. The molecule has 0 unspecified atom stereocenters. The maximum atomic E-state index is 6.11. The van der Waals surface area contributed by atoms with Crippen molar-refractivity contribution in [1.82, 2.24) is 14.8 Å². The molecule has 2 aromatic rings. The van der Waals surface area contributed by atoms with Gasteiger partial charge in [-0.2, -0.15) is 0 Å². The number of thioether (sulfide) groups is 1. The summed E-state index contributed by atoms with van der Waals surface area (Å²) in [6, 6.07) is 7.88. The van der Waals surface area contributed by atoms with Crippen molar-refractivity contribution in [2.75, 3.05) is 0 Å². The number of hydrogen-bond donors (Lipinski definition) is 0. The van der Waals surface area contributed by atoms with E-state index in [2.05, 4.69) is 21.7 Å². The molecule has 0 aliphatic heterocycles. The molecular weight excluding hydrogens is 254 g/mol. The zero-order chi connectivity index (χ0) is 12.3. The van der Waals surface area contributed by atoms with Crippen LogP contribution in [0.2, 0.25) is 5.02 Å². The van der Waals surface area contributed by atoms with Gasteiger partial charge in [0.25, 0.3) is 0 Å². The molecule has 3 nitrogen and oxygen atoms in total. The average molecular weight is 268 g/mol. The predicted molar refractivity (Wildman–Crippen MR) is 71.4 cm³/mol. The van der Waals surface area contributed by atoms with Gasteiger partial charge >= 0.3 is 0 Å². The van der Waals surface area contributed by atoms with Gasteiger partial charge < -0.3 is 4.57 Å². The van der Waals surface area contributed by atoms with Crippen LogP contribution in [0.4, 0.5) is 0 Å². The first-order chi connectivity index (χ1) is 8.22. The maximum Gasteiger partial charge on any atom is 0.191 e. The molecule has 1 heterocycles. The van der Waals surface area contributed by atoms with Gasteiger partial charge in [0.05, 0.1) is 0 Å². The third-order valence-corrected chi connectivity index (χ3v) is 3.92. The highest BCUT2D eigenvalue weighted by molar-refractivity contribution is 7.98. The lowest BCUT2D eigenvalue weighted by Gasteiger charge is -2.05. The fraction of sp³-hybridized carbons (Fsp3) is 0.333. The number of aryl methyl sites for hydroxylation is 1. The minimum absolute atomic E-state index is 0.805. The lowest BCUT2D eigenvalue weighted by molar-refractivity contribution is 0.662. The van der Waals surface area contributed by atoms with Crippen LogP contribution in [-0.2, 0) is 12.3 Å². The van der Waals surface area contributed by atoms with Crippen molar-refractivity contribution in [2.24, 2.45) is 0 Å². The molecule has 0 radical (unpaired) electrons. The summed E-state index contributed by atoms with van der Waals surface area (Å²) in [5.74, 6) is 1.77. The van der Waals surface area contributed by atoms with Gasteiger partial charge in [-0.25, -0.2) is 0 Å². The Morgan fingerprint density at radius 1 is 1.29 bits per heavy atom. The monoisotopic (exact) mass is 267 g/mol. The van der Waals surface area contributed by atoms with Gasteiger partial charge in [0.1, 0.15) is 5.82 Å². The Morgan fingerprint density at radius 3 is 2.76 bits per heavy atom. The van der Waals surface area contributed by atoms with Crippen LogP contribution in [0.15, 0.2) is 29.4 Å². The zero-order valence-corrected chi connectivity index (χ0v) is 11.4. The second-order valence-corrected chi connectivity index (χ2v) is 5.00. The normalized spacial score (nSPS) is 10.8. The molecule has 17 heavy (non-hydrogen) atoms. The van der Waals surface area contributed by atoms with Crippen molar-refractivity contribution in [3.05, 3.63) is 40.7 Å².